The normalized spacial score (nSPS) is 18.5. The molecule has 0 aliphatic carbocycles. The average Bonchev–Trinajstić information content (AvgIpc) is 2.35. The second-order valence-corrected chi connectivity index (χ2v) is 4.63. The van der Waals surface area contributed by atoms with E-state index in [1.807, 2.05) is 0 Å². The van der Waals surface area contributed by atoms with Gasteiger partial charge in [0.05, 0.1) is 6.07 Å². The van der Waals surface area contributed by atoms with E-state index >= 15 is 0 Å². The molecule has 0 radical (unpaired) electrons. The number of nitrogens with zero attached hydrogens (tertiary/aromatic N) is 2. The number of hydrogen-bond donors (Lipinski definition) is 1. The van der Waals surface area contributed by atoms with Gasteiger partial charge in [0, 0.05) is 31.3 Å². The third kappa shape index (κ3) is 4.06. The predicted octanol–water partition coefficient (Wildman–Crippen LogP) is 0.650. The Kier molecular flexibility index (Phi) is 4.95. The summed E-state index contributed by atoms with van der Waals surface area (Å²) < 4.78 is 0. The molecule has 0 aromatic heterocycles. The Morgan fingerprint density at radius 1 is 1.47 bits per heavy atom. The van der Waals surface area contributed by atoms with E-state index < -0.39 is 0 Å². The monoisotopic (exact) mass is 237 g/mol. The summed E-state index contributed by atoms with van der Waals surface area (Å²) in [5, 5.41) is 8.75. The molecule has 5 heteroatoms. The number of nitrogens with two attached hydrogens (primary N) is 1. The molecule has 0 bridgehead atoms. The summed E-state index contributed by atoms with van der Waals surface area (Å²) in [6.07, 6.45) is 2.38. The first-order valence-electron chi connectivity index (χ1n) is 6.01. The second-order valence-electron chi connectivity index (χ2n) is 4.63. The summed E-state index contributed by atoms with van der Waals surface area (Å²) in [5.41, 5.74) is 5.14. The molecule has 1 aliphatic heterocycles. The van der Waals surface area contributed by atoms with Crippen molar-refractivity contribution in [2.45, 2.75) is 32.6 Å². The number of piperidine rings is 1. The topological polar surface area (TPSA) is 87.2 Å². The van der Waals surface area contributed by atoms with Gasteiger partial charge in [0.25, 0.3) is 0 Å². The first kappa shape index (κ1) is 13.5. The predicted molar refractivity (Wildman–Crippen MR) is 62.5 cm³/mol. The van der Waals surface area contributed by atoms with Crippen molar-refractivity contribution < 1.29 is 9.59 Å². The van der Waals surface area contributed by atoms with Crippen LogP contribution in [0, 0.1) is 23.2 Å². The van der Waals surface area contributed by atoms with Crippen LogP contribution >= 0.6 is 0 Å². The van der Waals surface area contributed by atoms with Crippen molar-refractivity contribution in [1.82, 2.24) is 4.90 Å². The van der Waals surface area contributed by atoms with Gasteiger partial charge in [-0.05, 0) is 19.3 Å². The van der Waals surface area contributed by atoms with E-state index in [9.17, 15) is 9.59 Å². The highest BCUT2D eigenvalue weighted by Crippen LogP contribution is 2.17. The van der Waals surface area contributed by atoms with Gasteiger partial charge in [-0.3, -0.25) is 9.59 Å². The molecule has 0 unspecified atom stereocenters. The maximum atomic E-state index is 11.8. The van der Waals surface area contributed by atoms with E-state index in [2.05, 4.69) is 6.07 Å². The summed E-state index contributed by atoms with van der Waals surface area (Å²) in [6, 6.07) is 2.23. The molecule has 1 atom stereocenters. The molecular weight excluding hydrogens is 218 g/mol. The van der Waals surface area contributed by atoms with Gasteiger partial charge in [-0.25, -0.2) is 0 Å². The maximum absolute atomic E-state index is 11.8. The van der Waals surface area contributed by atoms with Crippen LogP contribution in [0.2, 0.25) is 0 Å². The van der Waals surface area contributed by atoms with Crippen LogP contribution in [0.4, 0.5) is 0 Å². The van der Waals surface area contributed by atoms with Gasteiger partial charge in [0.2, 0.25) is 11.8 Å². The Hall–Kier alpha value is -1.57. The van der Waals surface area contributed by atoms with E-state index in [0.29, 0.717) is 25.9 Å². The Morgan fingerprint density at radius 3 is 2.53 bits per heavy atom. The molecule has 1 fully saturated rings. The average molecular weight is 237 g/mol. The van der Waals surface area contributed by atoms with E-state index in [-0.39, 0.29) is 23.7 Å². The summed E-state index contributed by atoms with van der Waals surface area (Å²) in [5.74, 6) is -0.463. The number of nitriles is 1. The molecule has 2 amide bonds. The van der Waals surface area contributed by atoms with Crippen LogP contribution in [-0.4, -0.2) is 29.8 Å². The molecule has 1 heterocycles. The van der Waals surface area contributed by atoms with Gasteiger partial charge in [-0.15, -0.1) is 0 Å². The highest BCUT2D eigenvalue weighted by Gasteiger charge is 2.22. The second kappa shape index (κ2) is 6.24. The Labute approximate surface area is 102 Å². The number of amides is 2. The molecule has 1 aliphatic rings. The minimum absolute atomic E-state index is 0.0643. The van der Waals surface area contributed by atoms with Crippen molar-refractivity contribution in [2.24, 2.45) is 17.6 Å². The molecule has 0 spiro atoms. The highest BCUT2D eigenvalue weighted by atomic mass is 16.2. The number of hydrogen-bond acceptors (Lipinski definition) is 3. The lowest BCUT2D eigenvalue weighted by atomic mass is 9.97. The van der Waals surface area contributed by atoms with Gasteiger partial charge in [0.15, 0.2) is 0 Å². The first-order valence-corrected chi connectivity index (χ1v) is 6.01. The number of carbonyl (C=O) groups excluding carboxylic acids is 2. The standard InChI is InChI=1S/C12H19N3O2/c1-9(12(14)17)2-3-11(16)15-6-4-10(8-13)5-7-15/h9-10H,2-7H2,1H3,(H2,14,17)/t9-/m1/s1. The van der Waals surface area contributed by atoms with Crippen molar-refractivity contribution in [3.63, 3.8) is 0 Å². The summed E-state index contributed by atoms with van der Waals surface area (Å²) in [4.78, 5) is 24.4. The SMILES string of the molecule is C[C@H](CCC(=O)N1CCC(C#N)CC1)C(N)=O. The summed E-state index contributed by atoms with van der Waals surface area (Å²) in [6.45, 7) is 3.04. The number of rotatable bonds is 4. The molecule has 17 heavy (non-hydrogen) atoms. The minimum atomic E-state index is -0.360. The van der Waals surface area contributed by atoms with Crippen molar-refractivity contribution in [3.05, 3.63) is 0 Å². The lowest BCUT2D eigenvalue weighted by Gasteiger charge is -2.29. The summed E-state index contributed by atoms with van der Waals surface area (Å²) in [7, 11) is 0. The van der Waals surface area contributed by atoms with Crippen LogP contribution in [0.3, 0.4) is 0 Å². The Balaban J connectivity index is 2.30. The zero-order valence-electron chi connectivity index (χ0n) is 10.2. The Morgan fingerprint density at radius 2 is 2.06 bits per heavy atom. The number of likely N-dealkylation sites (tertiary alicyclic amines) is 1. The van der Waals surface area contributed by atoms with Gasteiger partial charge in [-0.1, -0.05) is 6.92 Å². The van der Waals surface area contributed by atoms with Gasteiger partial charge in [-0.2, -0.15) is 5.26 Å². The van der Waals surface area contributed by atoms with E-state index in [4.69, 9.17) is 11.0 Å². The van der Waals surface area contributed by atoms with Crippen molar-refractivity contribution in [3.8, 4) is 6.07 Å². The number of primary amides is 1. The fourth-order valence-electron chi connectivity index (χ4n) is 1.90. The molecular formula is C12H19N3O2. The smallest absolute Gasteiger partial charge is 0.222 e. The minimum Gasteiger partial charge on any atom is -0.369 e. The lowest BCUT2D eigenvalue weighted by molar-refractivity contribution is -0.132. The van der Waals surface area contributed by atoms with Gasteiger partial charge in [0.1, 0.15) is 0 Å². The zero-order chi connectivity index (χ0) is 12.8. The van der Waals surface area contributed by atoms with Gasteiger partial charge >= 0.3 is 0 Å². The van der Waals surface area contributed by atoms with Crippen LogP contribution in [-0.2, 0) is 9.59 Å². The largest absolute Gasteiger partial charge is 0.369 e. The van der Waals surface area contributed by atoms with Crippen LogP contribution in [0.1, 0.15) is 32.6 Å². The van der Waals surface area contributed by atoms with Crippen molar-refractivity contribution >= 4 is 11.8 Å². The zero-order valence-corrected chi connectivity index (χ0v) is 10.2. The van der Waals surface area contributed by atoms with E-state index in [1.165, 1.54) is 0 Å². The van der Waals surface area contributed by atoms with E-state index in [1.54, 1.807) is 11.8 Å². The molecule has 0 aromatic carbocycles. The third-order valence-corrected chi connectivity index (χ3v) is 3.31. The van der Waals surface area contributed by atoms with Crippen LogP contribution in [0.15, 0.2) is 0 Å². The quantitative estimate of drug-likeness (QED) is 0.778. The molecule has 94 valence electrons. The van der Waals surface area contributed by atoms with Crippen LogP contribution in [0.25, 0.3) is 0 Å². The van der Waals surface area contributed by atoms with Crippen molar-refractivity contribution in [1.29, 1.82) is 5.26 Å². The molecule has 1 rings (SSSR count). The lowest BCUT2D eigenvalue weighted by Crippen LogP contribution is -2.38. The molecule has 1 saturated heterocycles. The van der Waals surface area contributed by atoms with Crippen LogP contribution < -0.4 is 5.73 Å². The maximum Gasteiger partial charge on any atom is 0.222 e. The molecule has 0 saturated carbocycles. The third-order valence-electron chi connectivity index (χ3n) is 3.31. The molecule has 0 aromatic rings. The van der Waals surface area contributed by atoms with E-state index in [0.717, 1.165) is 12.8 Å². The number of carbonyl (C=O) groups is 2. The van der Waals surface area contributed by atoms with Crippen LogP contribution in [0.5, 0.6) is 0 Å². The Bertz CT molecular complexity index is 327. The fourth-order valence-corrected chi connectivity index (χ4v) is 1.90. The summed E-state index contributed by atoms with van der Waals surface area (Å²) >= 11 is 0. The molecule has 5 nitrogen and oxygen atoms in total. The van der Waals surface area contributed by atoms with Crippen molar-refractivity contribution in [2.75, 3.05) is 13.1 Å². The molecule has 2 N–H and O–H groups in total. The first-order chi connectivity index (χ1) is 8.04. The highest BCUT2D eigenvalue weighted by molar-refractivity contribution is 5.79. The van der Waals surface area contributed by atoms with Gasteiger partial charge < -0.3 is 10.6 Å². The fraction of sp³-hybridized carbons (Fsp3) is 0.750.